The Balaban J connectivity index is 2.19. The molecule has 0 aromatic carbocycles. The van der Waals surface area contributed by atoms with Crippen molar-refractivity contribution in [1.29, 1.82) is 0 Å². The van der Waals surface area contributed by atoms with Crippen molar-refractivity contribution >= 4 is 11.2 Å². The Labute approximate surface area is 94.5 Å². The van der Waals surface area contributed by atoms with Crippen molar-refractivity contribution in [1.82, 2.24) is 14.5 Å². The number of hydrogen-bond acceptors (Lipinski definition) is 3. The second kappa shape index (κ2) is 3.56. The van der Waals surface area contributed by atoms with Gasteiger partial charge in [-0.3, -0.25) is 0 Å². The van der Waals surface area contributed by atoms with E-state index >= 15 is 0 Å². The first kappa shape index (κ1) is 9.78. The van der Waals surface area contributed by atoms with Crippen molar-refractivity contribution in [3.63, 3.8) is 0 Å². The molecule has 4 nitrogen and oxygen atoms in total. The highest BCUT2D eigenvalue weighted by molar-refractivity contribution is 5.75. The van der Waals surface area contributed by atoms with Crippen LogP contribution in [0.4, 0.5) is 0 Å². The Morgan fingerprint density at radius 3 is 3.00 bits per heavy atom. The Morgan fingerprint density at radius 1 is 1.50 bits per heavy atom. The molecular weight excluding hydrogens is 200 g/mol. The van der Waals surface area contributed by atoms with E-state index in [0.717, 1.165) is 17.6 Å². The van der Waals surface area contributed by atoms with E-state index in [2.05, 4.69) is 16.6 Å². The summed E-state index contributed by atoms with van der Waals surface area (Å²) in [4.78, 5) is 9.15. The maximum Gasteiger partial charge on any atom is 0.160 e. The molecule has 0 bridgehead atoms. The van der Waals surface area contributed by atoms with Crippen LogP contribution in [0, 0.1) is 0 Å². The van der Waals surface area contributed by atoms with Gasteiger partial charge in [-0.1, -0.05) is 0 Å². The van der Waals surface area contributed by atoms with Gasteiger partial charge in [0.2, 0.25) is 0 Å². The lowest BCUT2D eigenvalue weighted by molar-refractivity contribution is 0.812. The van der Waals surface area contributed by atoms with Crippen molar-refractivity contribution in [2.24, 2.45) is 12.8 Å². The van der Waals surface area contributed by atoms with Gasteiger partial charge >= 0.3 is 0 Å². The molecule has 3 rings (SSSR count). The van der Waals surface area contributed by atoms with Gasteiger partial charge in [0.1, 0.15) is 11.3 Å². The second-order valence-corrected chi connectivity index (χ2v) is 4.48. The number of aryl methyl sites for hydroxylation is 1. The van der Waals surface area contributed by atoms with E-state index in [1.54, 1.807) is 0 Å². The molecule has 1 aliphatic rings. The first-order valence-corrected chi connectivity index (χ1v) is 5.81. The molecule has 1 fully saturated rings. The number of pyridine rings is 1. The molecule has 2 N–H and O–H groups in total. The van der Waals surface area contributed by atoms with E-state index in [4.69, 9.17) is 10.7 Å². The summed E-state index contributed by atoms with van der Waals surface area (Å²) in [7, 11) is 2.06. The summed E-state index contributed by atoms with van der Waals surface area (Å²) < 4.78 is 2.13. The Kier molecular flexibility index (Phi) is 2.17. The zero-order valence-corrected chi connectivity index (χ0v) is 9.48. The minimum Gasteiger partial charge on any atom is -0.330 e. The van der Waals surface area contributed by atoms with Gasteiger partial charge < -0.3 is 10.3 Å². The topological polar surface area (TPSA) is 56.7 Å². The van der Waals surface area contributed by atoms with Crippen LogP contribution in [0.2, 0.25) is 0 Å². The van der Waals surface area contributed by atoms with Gasteiger partial charge in [0, 0.05) is 19.2 Å². The molecule has 1 saturated carbocycles. The number of hydrogen-bond donors (Lipinski definition) is 1. The van der Waals surface area contributed by atoms with E-state index < -0.39 is 0 Å². The molecule has 2 aromatic heterocycles. The lowest BCUT2D eigenvalue weighted by atomic mass is 10.2. The van der Waals surface area contributed by atoms with Crippen LogP contribution in [0.1, 0.15) is 30.1 Å². The molecule has 1 aliphatic carbocycles. The SMILES string of the molecule is Cn1c(C2CC2)nc2c(CCN)ccnc21. The molecule has 0 atom stereocenters. The number of rotatable bonds is 3. The van der Waals surface area contributed by atoms with Crippen molar-refractivity contribution in [3.05, 3.63) is 23.7 Å². The standard InChI is InChI=1S/C12H16N4/c1-16-11(9-2-3-9)15-10-8(4-6-13)5-7-14-12(10)16/h5,7,9H,2-4,6,13H2,1H3. The third-order valence-electron chi connectivity index (χ3n) is 3.23. The quantitative estimate of drug-likeness (QED) is 0.842. The zero-order valence-electron chi connectivity index (χ0n) is 9.48. The van der Waals surface area contributed by atoms with Gasteiger partial charge in [0.05, 0.1) is 0 Å². The van der Waals surface area contributed by atoms with Crippen LogP contribution in [0.5, 0.6) is 0 Å². The van der Waals surface area contributed by atoms with E-state index in [-0.39, 0.29) is 0 Å². The van der Waals surface area contributed by atoms with E-state index in [9.17, 15) is 0 Å². The van der Waals surface area contributed by atoms with Crippen molar-refractivity contribution in [2.45, 2.75) is 25.2 Å². The highest BCUT2D eigenvalue weighted by Crippen LogP contribution is 2.40. The van der Waals surface area contributed by atoms with Crippen molar-refractivity contribution in [3.8, 4) is 0 Å². The summed E-state index contributed by atoms with van der Waals surface area (Å²) in [5.41, 5.74) is 8.86. The van der Waals surface area contributed by atoms with Crippen LogP contribution in [-0.2, 0) is 13.5 Å². The van der Waals surface area contributed by atoms with E-state index in [1.807, 2.05) is 12.3 Å². The van der Waals surface area contributed by atoms with Crippen LogP contribution in [0.25, 0.3) is 11.2 Å². The molecule has 0 amide bonds. The van der Waals surface area contributed by atoms with E-state index in [1.165, 1.54) is 24.2 Å². The maximum atomic E-state index is 5.61. The molecule has 2 aromatic rings. The molecule has 2 heterocycles. The fraction of sp³-hybridized carbons (Fsp3) is 0.500. The number of aromatic nitrogens is 3. The number of imidazole rings is 1. The van der Waals surface area contributed by atoms with Crippen molar-refractivity contribution < 1.29 is 0 Å². The summed E-state index contributed by atoms with van der Waals surface area (Å²) >= 11 is 0. The smallest absolute Gasteiger partial charge is 0.160 e. The summed E-state index contributed by atoms with van der Waals surface area (Å²) in [6, 6.07) is 2.03. The van der Waals surface area contributed by atoms with Gasteiger partial charge in [-0.05, 0) is 37.4 Å². The summed E-state index contributed by atoms with van der Waals surface area (Å²) in [5, 5.41) is 0. The third kappa shape index (κ3) is 1.41. The van der Waals surface area contributed by atoms with Gasteiger partial charge in [-0.15, -0.1) is 0 Å². The molecule has 0 unspecified atom stereocenters. The predicted molar refractivity (Wildman–Crippen MR) is 63.2 cm³/mol. The Morgan fingerprint density at radius 2 is 2.31 bits per heavy atom. The molecule has 4 heteroatoms. The van der Waals surface area contributed by atoms with E-state index in [0.29, 0.717) is 12.5 Å². The third-order valence-corrected chi connectivity index (χ3v) is 3.23. The highest BCUT2D eigenvalue weighted by Gasteiger charge is 2.29. The fourth-order valence-electron chi connectivity index (χ4n) is 2.21. The first-order valence-electron chi connectivity index (χ1n) is 5.81. The number of nitrogens with two attached hydrogens (primary N) is 1. The van der Waals surface area contributed by atoms with Gasteiger partial charge in [-0.25, -0.2) is 9.97 Å². The number of nitrogens with zero attached hydrogens (tertiary/aromatic N) is 3. The maximum absolute atomic E-state index is 5.61. The van der Waals surface area contributed by atoms with Crippen molar-refractivity contribution in [2.75, 3.05) is 6.54 Å². The fourth-order valence-corrected chi connectivity index (χ4v) is 2.21. The highest BCUT2D eigenvalue weighted by atomic mass is 15.1. The molecule has 0 aliphatic heterocycles. The molecule has 16 heavy (non-hydrogen) atoms. The first-order chi connectivity index (χ1) is 7.81. The normalized spacial score (nSPS) is 15.9. The Hall–Kier alpha value is -1.42. The summed E-state index contributed by atoms with van der Waals surface area (Å²) in [6.07, 6.45) is 5.26. The number of fused-ring (bicyclic) bond motifs is 1. The van der Waals surface area contributed by atoms with Crippen LogP contribution in [-0.4, -0.2) is 21.1 Å². The Bertz CT molecular complexity index is 525. The molecule has 0 radical (unpaired) electrons. The van der Waals surface area contributed by atoms with Gasteiger partial charge in [-0.2, -0.15) is 0 Å². The summed E-state index contributed by atoms with van der Waals surface area (Å²) in [6.45, 7) is 0.661. The minimum absolute atomic E-state index is 0.657. The monoisotopic (exact) mass is 216 g/mol. The zero-order chi connectivity index (χ0) is 11.1. The van der Waals surface area contributed by atoms with Crippen LogP contribution in [0.3, 0.4) is 0 Å². The van der Waals surface area contributed by atoms with Gasteiger partial charge in [0.15, 0.2) is 5.65 Å². The van der Waals surface area contributed by atoms with Gasteiger partial charge in [0.25, 0.3) is 0 Å². The minimum atomic E-state index is 0.657. The largest absolute Gasteiger partial charge is 0.330 e. The molecular formula is C12H16N4. The summed E-state index contributed by atoms with van der Waals surface area (Å²) in [5.74, 6) is 1.84. The average Bonchev–Trinajstić information content (AvgIpc) is 3.06. The second-order valence-electron chi connectivity index (χ2n) is 4.48. The average molecular weight is 216 g/mol. The molecule has 0 spiro atoms. The predicted octanol–water partition coefficient (Wildman–Crippen LogP) is 1.35. The molecule has 0 saturated heterocycles. The molecule has 84 valence electrons. The lowest BCUT2D eigenvalue weighted by Crippen LogP contribution is -2.03. The van der Waals surface area contributed by atoms with Crippen LogP contribution in [0.15, 0.2) is 12.3 Å². The van der Waals surface area contributed by atoms with Crippen LogP contribution < -0.4 is 5.73 Å². The lowest BCUT2D eigenvalue weighted by Gasteiger charge is -2.00. The van der Waals surface area contributed by atoms with Crippen LogP contribution >= 0.6 is 0 Å².